The van der Waals surface area contributed by atoms with E-state index < -0.39 is 0 Å². The molecule has 1 aliphatic heterocycles. The molecule has 0 spiro atoms. The van der Waals surface area contributed by atoms with Crippen molar-refractivity contribution in [3.8, 4) is 11.1 Å². The maximum Gasteiger partial charge on any atom is 0.253 e. The summed E-state index contributed by atoms with van der Waals surface area (Å²) in [7, 11) is 0. The molecule has 1 aliphatic rings. The first-order chi connectivity index (χ1) is 9.74. The molecule has 3 heteroatoms. The highest BCUT2D eigenvalue weighted by Gasteiger charge is 2.19. The Morgan fingerprint density at radius 3 is 1.90 bits per heavy atom. The minimum atomic E-state index is 0.145. The van der Waals surface area contributed by atoms with Crippen LogP contribution in [-0.2, 0) is 0 Å². The second-order valence-corrected chi connectivity index (χ2v) is 5.20. The van der Waals surface area contributed by atoms with Crippen molar-refractivity contribution in [3.63, 3.8) is 0 Å². The van der Waals surface area contributed by atoms with Gasteiger partial charge in [-0.1, -0.05) is 24.3 Å². The number of nitrogens with zero attached hydrogens (tertiary/aromatic N) is 1. The average molecular weight is 266 g/mol. The Hall–Kier alpha value is -2.29. The number of anilines is 1. The molecule has 0 aliphatic carbocycles. The fourth-order valence-corrected chi connectivity index (χ4v) is 2.58. The Labute approximate surface area is 119 Å². The molecule has 20 heavy (non-hydrogen) atoms. The summed E-state index contributed by atoms with van der Waals surface area (Å²) in [5.74, 6) is 0.145. The van der Waals surface area contributed by atoms with Crippen LogP contribution in [0.25, 0.3) is 11.1 Å². The molecule has 2 aromatic rings. The van der Waals surface area contributed by atoms with Crippen LogP contribution in [0.2, 0.25) is 0 Å². The summed E-state index contributed by atoms with van der Waals surface area (Å²) in [6.07, 6.45) is 2.24. The monoisotopic (exact) mass is 266 g/mol. The Morgan fingerprint density at radius 1 is 0.850 bits per heavy atom. The summed E-state index contributed by atoms with van der Waals surface area (Å²) < 4.78 is 0. The summed E-state index contributed by atoms with van der Waals surface area (Å²) >= 11 is 0. The highest BCUT2D eigenvalue weighted by Crippen LogP contribution is 2.22. The van der Waals surface area contributed by atoms with Crippen LogP contribution in [0.4, 0.5) is 5.69 Å². The van der Waals surface area contributed by atoms with E-state index in [2.05, 4.69) is 0 Å². The number of likely N-dealkylation sites (tertiary alicyclic amines) is 1. The van der Waals surface area contributed by atoms with Crippen LogP contribution in [0.15, 0.2) is 48.5 Å². The van der Waals surface area contributed by atoms with Gasteiger partial charge in [-0.3, -0.25) is 4.79 Å². The van der Waals surface area contributed by atoms with Crippen LogP contribution in [0.5, 0.6) is 0 Å². The number of benzene rings is 2. The summed E-state index contributed by atoms with van der Waals surface area (Å²) in [6.45, 7) is 1.77. The molecular formula is C17H18N2O. The van der Waals surface area contributed by atoms with Crippen molar-refractivity contribution in [2.24, 2.45) is 0 Å². The van der Waals surface area contributed by atoms with Gasteiger partial charge in [-0.25, -0.2) is 0 Å². The lowest BCUT2D eigenvalue weighted by Crippen LogP contribution is -2.27. The molecular weight excluding hydrogens is 248 g/mol. The Bertz CT molecular complexity index is 596. The standard InChI is InChI=1S/C17H18N2O/c18-16-9-7-14(8-10-16)13-3-5-15(6-4-13)17(20)19-11-1-2-12-19/h3-10H,1-2,11-12,18H2. The van der Waals surface area contributed by atoms with Crippen molar-refractivity contribution in [2.45, 2.75) is 12.8 Å². The van der Waals surface area contributed by atoms with Gasteiger partial charge in [-0.2, -0.15) is 0 Å². The normalized spacial score (nSPS) is 14.5. The zero-order valence-corrected chi connectivity index (χ0v) is 11.4. The molecule has 3 rings (SSSR count). The van der Waals surface area contributed by atoms with Crippen molar-refractivity contribution < 1.29 is 4.79 Å². The summed E-state index contributed by atoms with van der Waals surface area (Å²) in [4.78, 5) is 14.2. The van der Waals surface area contributed by atoms with E-state index >= 15 is 0 Å². The van der Waals surface area contributed by atoms with Gasteiger partial charge in [0.1, 0.15) is 0 Å². The second-order valence-electron chi connectivity index (χ2n) is 5.20. The smallest absolute Gasteiger partial charge is 0.253 e. The van der Waals surface area contributed by atoms with Gasteiger partial charge in [0.25, 0.3) is 5.91 Å². The largest absolute Gasteiger partial charge is 0.399 e. The number of nitrogens with two attached hydrogens (primary N) is 1. The van der Waals surface area contributed by atoms with Crippen molar-refractivity contribution in [2.75, 3.05) is 18.8 Å². The van der Waals surface area contributed by atoms with E-state index in [9.17, 15) is 4.79 Å². The van der Waals surface area contributed by atoms with Crippen molar-refractivity contribution in [1.29, 1.82) is 0 Å². The fraction of sp³-hybridized carbons (Fsp3) is 0.235. The molecule has 0 aromatic heterocycles. The van der Waals surface area contributed by atoms with Crippen LogP contribution >= 0.6 is 0 Å². The zero-order valence-electron chi connectivity index (χ0n) is 11.4. The van der Waals surface area contributed by atoms with Gasteiger partial charge in [0.2, 0.25) is 0 Å². The topological polar surface area (TPSA) is 46.3 Å². The Morgan fingerprint density at radius 2 is 1.35 bits per heavy atom. The van der Waals surface area contributed by atoms with E-state index in [0.717, 1.165) is 48.3 Å². The number of carbonyl (C=O) groups is 1. The Kier molecular flexibility index (Phi) is 3.42. The summed E-state index contributed by atoms with van der Waals surface area (Å²) in [5, 5.41) is 0. The van der Waals surface area contributed by atoms with Crippen LogP contribution in [0.1, 0.15) is 23.2 Å². The van der Waals surface area contributed by atoms with Crippen LogP contribution in [0.3, 0.4) is 0 Å². The molecule has 1 amide bonds. The van der Waals surface area contributed by atoms with Gasteiger partial charge in [0.15, 0.2) is 0 Å². The molecule has 0 bridgehead atoms. The van der Waals surface area contributed by atoms with E-state index in [1.54, 1.807) is 0 Å². The number of hydrogen-bond acceptors (Lipinski definition) is 2. The molecule has 1 heterocycles. The van der Waals surface area contributed by atoms with Crippen LogP contribution in [-0.4, -0.2) is 23.9 Å². The quantitative estimate of drug-likeness (QED) is 0.849. The van der Waals surface area contributed by atoms with Gasteiger partial charge in [0.05, 0.1) is 0 Å². The number of rotatable bonds is 2. The molecule has 1 saturated heterocycles. The summed E-state index contributed by atoms with van der Waals surface area (Å²) in [6, 6.07) is 15.6. The molecule has 0 radical (unpaired) electrons. The molecule has 1 fully saturated rings. The fourth-order valence-electron chi connectivity index (χ4n) is 2.58. The van der Waals surface area contributed by atoms with Gasteiger partial charge in [0, 0.05) is 24.3 Å². The summed E-state index contributed by atoms with van der Waals surface area (Å²) in [5.41, 5.74) is 9.43. The highest BCUT2D eigenvalue weighted by molar-refractivity contribution is 5.94. The van der Waals surface area contributed by atoms with Crippen LogP contribution < -0.4 is 5.73 Å². The maximum atomic E-state index is 12.2. The number of carbonyl (C=O) groups excluding carboxylic acids is 1. The number of nitrogen functional groups attached to an aromatic ring is 1. The van der Waals surface area contributed by atoms with Crippen LogP contribution in [0, 0.1) is 0 Å². The predicted molar refractivity (Wildman–Crippen MR) is 81.4 cm³/mol. The molecule has 102 valence electrons. The maximum absolute atomic E-state index is 12.2. The first-order valence-corrected chi connectivity index (χ1v) is 6.99. The zero-order chi connectivity index (χ0) is 13.9. The van der Waals surface area contributed by atoms with Crippen molar-refractivity contribution in [3.05, 3.63) is 54.1 Å². The van der Waals surface area contributed by atoms with E-state index in [4.69, 9.17) is 5.73 Å². The average Bonchev–Trinajstić information content (AvgIpc) is 3.02. The molecule has 0 atom stereocenters. The van der Waals surface area contributed by atoms with E-state index in [0.29, 0.717) is 0 Å². The van der Waals surface area contributed by atoms with E-state index in [1.807, 2.05) is 53.4 Å². The lowest BCUT2D eigenvalue weighted by molar-refractivity contribution is 0.0793. The van der Waals surface area contributed by atoms with Gasteiger partial charge < -0.3 is 10.6 Å². The van der Waals surface area contributed by atoms with E-state index in [-0.39, 0.29) is 5.91 Å². The van der Waals surface area contributed by atoms with Crippen molar-refractivity contribution >= 4 is 11.6 Å². The SMILES string of the molecule is Nc1ccc(-c2ccc(C(=O)N3CCCC3)cc2)cc1. The van der Waals surface area contributed by atoms with Gasteiger partial charge in [-0.05, 0) is 48.2 Å². The third kappa shape index (κ3) is 2.52. The first-order valence-electron chi connectivity index (χ1n) is 6.99. The minimum absolute atomic E-state index is 0.145. The lowest BCUT2D eigenvalue weighted by Gasteiger charge is -2.15. The van der Waals surface area contributed by atoms with Gasteiger partial charge >= 0.3 is 0 Å². The third-order valence-electron chi connectivity index (χ3n) is 3.77. The molecule has 0 saturated carbocycles. The minimum Gasteiger partial charge on any atom is -0.399 e. The molecule has 2 N–H and O–H groups in total. The van der Waals surface area contributed by atoms with Gasteiger partial charge in [-0.15, -0.1) is 0 Å². The number of hydrogen-bond donors (Lipinski definition) is 1. The van der Waals surface area contributed by atoms with Crippen molar-refractivity contribution in [1.82, 2.24) is 4.90 Å². The predicted octanol–water partition coefficient (Wildman–Crippen LogP) is 3.17. The molecule has 3 nitrogen and oxygen atoms in total. The molecule has 2 aromatic carbocycles. The highest BCUT2D eigenvalue weighted by atomic mass is 16.2. The lowest BCUT2D eigenvalue weighted by atomic mass is 10.0. The first kappa shape index (κ1) is 12.7. The van der Waals surface area contributed by atoms with E-state index in [1.165, 1.54) is 0 Å². The number of amides is 1. The molecule has 0 unspecified atom stereocenters. The second kappa shape index (κ2) is 5.37. The Balaban J connectivity index is 1.80. The third-order valence-corrected chi connectivity index (χ3v) is 3.77.